The predicted molar refractivity (Wildman–Crippen MR) is 79.8 cm³/mol. The Labute approximate surface area is 125 Å². The average molecular weight is 348 g/mol. The van der Waals surface area contributed by atoms with Crippen molar-refractivity contribution in [3.63, 3.8) is 0 Å². The second-order valence-electron chi connectivity index (χ2n) is 4.37. The van der Waals surface area contributed by atoms with E-state index < -0.39 is 0 Å². The van der Waals surface area contributed by atoms with Crippen LogP contribution >= 0.6 is 39.1 Å². The Bertz CT molecular complexity index is 590. The minimum atomic E-state index is -0.325. The second kappa shape index (κ2) is 5.28. The lowest BCUT2D eigenvalue weighted by molar-refractivity contribution is 0.517. The molecule has 4 heteroatoms. The first-order valence-electron chi connectivity index (χ1n) is 5.57. The fourth-order valence-corrected chi connectivity index (χ4v) is 3.11. The number of benzene rings is 1. The number of alkyl halides is 1. The monoisotopic (exact) mass is 346 g/mol. The molecule has 0 saturated heterocycles. The molecule has 2 rings (SSSR count). The second-order valence-corrected chi connectivity index (χ2v) is 5.97. The maximum atomic E-state index is 6.51. The Morgan fingerprint density at radius 3 is 2.39 bits per heavy atom. The fourth-order valence-electron chi connectivity index (χ4n) is 2.17. The van der Waals surface area contributed by atoms with Gasteiger partial charge >= 0.3 is 0 Å². The van der Waals surface area contributed by atoms with Crippen LogP contribution < -0.4 is 0 Å². The third-order valence-electron chi connectivity index (χ3n) is 3.03. The lowest BCUT2D eigenvalue weighted by Gasteiger charge is -2.17. The van der Waals surface area contributed by atoms with Gasteiger partial charge in [0.25, 0.3) is 0 Å². The van der Waals surface area contributed by atoms with E-state index in [9.17, 15) is 0 Å². The summed E-state index contributed by atoms with van der Waals surface area (Å²) in [5.41, 5.74) is 4.57. The third kappa shape index (κ3) is 2.47. The first kappa shape index (κ1) is 14.0. The van der Waals surface area contributed by atoms with Crippen molar-refractivity contribution >= 4 is 39.1 Å². The smallest absolute Gasteiger partial charge is 0.193 e. The number of aryl methyl sites for hydroxylation is 2. The molecule has 2 aromatic rings. The molecule has 1 aromatic carbocycles. The van der Waals surface area contributed by atoms with E-state index in [0.29, 0.717) is 11.0 Å². The summed E-state index contributed by atoms with van der Waals surface area (Å²) in [6.45, 7) is 6.18. The van der Waals surface area contributed by atoms with Crippen molar-refractivity contribution in [2.75, 3.05) is 0 Å². The summed E-state index contributed by atoms with van der Waals surface area (Å²) >= 11 is 15.9. The third-order valence-corrected chi connectivity index (χ3v) is 4.89. The summed E-state index contributed by atoms with van der Waals surface area (Å²) in [5.74, 6) is 0.670. The summed E-state index contributed by atoms with van der Waals surface area (Å²) in [6, 6.07) is 5.64. The molecule has 1 atom stereocenters. The van der Waals surface area contributed by atoms with Gasteiger partial charge in [-0.3, -0.25) is 0 Å². The molecule has 0 aliphatic carbocycles. The number of furan rings is 1. The molecule has 0 bridgehead atoms. The average Bonchev–Trinajstić information content (AvgIpc) is 2.73. The number of hydrogen-bond acceptors (Lipinski definition) is 1. The molecular formula is C14H13BrCl2O. The minimum absolute atomic E-state index is 0.325. The summed E-state index contributed by atoms with van der Waals surface area (Å²) in [4.78, 5) is 0. The summed E-state index contributed by atoms with van der Waals surface area (Å²) < 4.78 is 6.49. The van der Waals surface area contributed by atoms with Gasteiger partial charge in [-0.15, -0.1) is 11.6 Å². The van der Waals surface area contributed by atoms with E-state index in [2.05, 4.69) is 42.8 Å². The zero-order chi connectivity index (χ0) is 13.4. The minimum Gasteiger partial charge on any atom is -0.448 e. The molecule has 0 N–H and O–H groups in total. The van der Waals surface area contributed by atoms with Crippen molar-refractivity contribution in [3.8, 4) is 0 Å². The zero-order valence-electron chi connectivity index (χ0n) is 10.4. The van der Waals surface area contributed by atoms with Gasteiger partial charge in [-0.1, -0.05) is 22.0 Å². The highest BCUT2D eigenvalue weighted by Crippen LogP contribution is 2.38. The van der Waals surface area contributed by atoms with Crippen LogP contribution in [-0.2, 0) is 0 Å². The Hall–Kier alpha value is -0.440. The van der Waals surface area contributed by atoms with Crippen LogP contribution in [0.25, 0.3) is 0 Å². The van der Waals surface area contributed by atoms with Crippen LogP contribution in [0.1, 0.15) is 33.4 Å². The molecular weight excluding hydrogens is 335 g/mol. The quantitative estimate of drug-likeness (QED) is 0.612. The van der Waals surface area contributed by atoms with Gasteiger partial charge in [0.1, 0.15) is 11.1 Å². The zero-order valence-corrected chi connectivity index (χ0v) is 13.4. The van der Waals surface area contributed by atoms with Crippen LogP contribution in [0.3, 0.4) is 0 Å². The molecule has 1 aromatic heterocycles. The normalized spacial score (nSPS) is 12.8. The lowest BCUT2D eigenvalue weighted by Crippen LogP contribution is -2.01. The van der Waals surface area contributed by atoms with E-state index in [1.807, 2.05) is 6.07 Å². The predicted octanol–water partition coefficient (Wildman–Crippen LogP) is 5.95. The molecule has 0 radical (unpaired) electrons. The standard InChI is InChI=1S/C14H13BrCl2O/c1-7-6-8(2)13(15)9(3)12(7)14(17)10-4-5-11(16)18-10/h4-6,14H,1-3H3. The first-order valence-corrected chi connectivity index (χ1v) is 7.18. The summed E-state index contributed by atoms with van der Waals surface area (Å²) in [5, 5.41) is 0.0338. The van der Waals surface area contributed by atoms with Crippen molar-refractivity contribution < 1.29 is 4.42 Å². The summed E-state index contributed by atoms with van der Waals surface area (Å²) in [6.07, 6.45) is 0. The van der Waals surface area contributed by atoms with Crippen molar-refractivity contribution in [1.82, 2.24) is 0 Å². The molecule has 18 heavy (non-hydrogen) atoms. The molecule has 0 spiro atoms. The van der Waals surface area contributed by atoms with E-state index in [1.54, 1.807) is 6.07 Å². The van der Waals surface area contributed by atoms with Gasteiger partial charge < -0.3 is 4.42 Å². The molecule has 0 fully saturated rings. The molecule has 0 aliphatic heterocycles. The van der Waals surface area contributed by atoms with E-state index in [0.717, 1.165) is 21.2 Å². The number of hydrogen-bond donors (Lipinski definition) is 0. The highest BCUT2D eigenvalue weighted by molar-refractivity contribution is 9.10. The SMILES string of the molecule is Cc1cc(C)c(C(Cl)c2ccc(Cl)o2)c(C)c1Br. The maximum absolute atomic E-state index is 6.51. The van der Waals surface area contributed by atoms with Gasteiger partial charge in [0.05, 0.1) is 0 Å². The number of rotatable bonds is 2. The molecule has 1 nitrogen and oxygen atoms in total. The van der Waals surface area contributed by atoms with Crippen LogP contribution in [-0.4, -0.2) is 0 Å². The van der Waals surface area contributed by atoms with Gasteiger partial charge in [0, 0.05) is 4.47 Å². The van der Waals surface area contributed by atoms with Crippen LogP contribution in [0.4, 0.5) is 0 Å². The van der Waals surface area contributed by atoms with Crippen LogP contribution in [0, 0.1) is 20.8 Å². The van der Waals surface area contributed by atoms with Gasteiger partial charge in [0.15, 0.2) is 5.22 Å². The maximum Gasteiger partial charge on any atom is 0.193 e. The van der Waals surface area contributed by atoms with Crippen molar-refractivity contribution in [2.45, 2.75) is 26.1 Å². The molecule has 0 saturated carbocycles. The Morgan fingerprint density at radius 1 is 1.17 bits per heavy atom. The molecule has 1 heterocycles. The first-order chi connectivity index (χ1) is 8.41. The van der Waals surface area contributed by atoms with Crippen LogP contribution in [0.2, 0.25) is 5.22 Å². The molecule has 96 valence electrons. The highest BCUT2D eigenvalue weighted by Gasteiger charge is 2.21. The van der Waals surface area contributed by atoms with Gasteiger partial charge in [-0.2, -0.15) is 0 Å². The summed E-state index contributed by atoms with van der Waals surface area (Å²) in [7, 11) is 0. The van der Waals surface area contributed by atoms with Gasteiger partial charge in [-0.25, -0.2) is 0 Å². The Balaban J connectivity index is 2.54. The van der Waals surface area contributed by atoms with Crippen molar-refractivity contribution in [1.29, 1.82) is 0 Å². The van der Waals surface area contributed by atoms with Crippen LogP contribution in [0.5, 0.6) is 0 Å². The Kier molecular flexibility index (Phi) is 4.10. The fraction of sp³-hybridized carbons (Fsp3) is 0.286. The van der Waals surface area contributed by atoms with E-state index in [1.165, 1.54) is 5.56 Å². The van der Waals surface area contributed by atoms with Gasteiger partial charge in [0.2, 0.25) is 0 Å². The number of halogens is 3. The van der Waals surface area contributed by atoms with Crippen LogP contribution in [0.15, 0.2) is 27.1 Å². The lowest BCUT2D eigenvalue weighted by atomic mass is 9.96. The molecule has 0 amide bonds. The van der Waals surface area contributed by atoms with E-state index in [-0.39, 0.29) is 5.38 Å². The Morgan fingerprint density at radius 2 is 1.83 bits per heavy atom. The van der Waals surface area contributed by atoms with E-state index >= 15 is 0 Å². The van der Waals surface area contributed by atoms with Gasteiger partial charge in [-0.05, 0) is 66.8 Å². The topological polar surface area (TPSA) is 13.1 Å². The highest BCUT2D eigenvalue weighted by atomic mass is 79.9. The van der Waals surface area contributed by atoms with Crippen molar-refractivity contribution in [3.05, 3.63) is 55.9 Å². The molecule has 0 aliphatic rings. The van der Waals surface area contributed by atoms with Crippen molar-refractivity contribution in [2.24, 2.45) is 0 Å². The van der Waals surface area contributed by atoms with E-state index in [4.69, 9.17) is 27.6 Å². The largest absolute Gasteiger partial charge is 0.448 e. The molecule has 1 unspecified atom stereocenters.